The number of nitrogens with one attached hydrogen (secondary N) is 1. The zero-order chi connectivity index (χ0) is 17.1. The molecule has 2 aromatic carbocycles. The van der Waals surface area contributed by atoms with E-state index in [1.807, 2.05) is 41.1 Å². The van der Waals surface area contributed by atoms with Gasteiger partial charge >= 0.3 is 0 Å². The van der Waals surface area contributed by atoms with Crippen molar-refractivity contribution < 1.29 is 4.39 Å². The molecule has 7 heteroatoms. The van der Waals surface area contributed by atoms with Crippen LogP contribution in [-0.4, -0.2) is 21.0 Å². The minimum absolute atomic E-state index is 0.201. The quantitative estimate of drug-likeness (QED) is 0.434. The summed E-state index contributed by atoms with van der Waals surface area (Å²) in [6.07, 6.45) is 3.71. The van der Waals surface area contributed by atoms with E-state index in [-0.39, 0.29) is 5.82 Å². The molecule has 0 aliphatic rings. The van der Waals surface area contributed by atoms with Crippen LogP contribution >= 0.6 is 11.3 Å². The minimum atomic E-state index is -0.201. The van der Waals surface area contributed by atoms with Gasteiger partial charge in [-0.25, -0.2) is 4.39 Å². The van der Waals surface area contributed by atoms with Gasteiger partial charge in [-0.15, -0.1) is 10.2 Å². The number of fused-ring (bicyclic) bond motifs is 1. The number of hydrogen-bond acceptors (Lipinski definition) is 5. The Balaban J connectivity index is 1.66. The van der Waals surface area contributed by atoms with Crippen molar-refractivity contribution in [3.8, 4) is 0 Å². The van der Waals surface area contributed by atoms with E-state index in [4.69, 9.17) is 0 Å². The number of benzene rings is 2. The van der Waals surface area contributed by atoms with Gasteiger partial charge in [0.25, 0.3) is 0 Å². The highest BCUT2D eigenvalue weighted by Gasteiger charge is 2.09. The van der Waals surface area contributed by atoms with Gasteiger partial charge in [0, 0.05) is 28.2 Å². The first kappa shape index (κ1) is 15.5. The predicted octanol–water partition coefficient (Wildman–Crippen LogP) is 4.13. The van der Waals surface area contributed by atoms with Crippen LogP contribution in [0.25, 0.3) is 10.9 Å². The average molecular weight is 351 g/mol. The fraction of sp³-hybridized carbons (Fsp3) is 0.0556. The topological polar surface area (TPSA) is 55.1 Å². The summed E-state index contributed by atoms with van der Waals surface area (Å²) in [5.41, 5.74) is 7.12. The lowest BCUT2D eigenvalue weighted by molar-refractivity contribution is 0.602. The van der Waals surface area contributed by atoms with Crippen LogP contribution in [0, 0.1) is 5.82 Å². The van der Waals surface area contributed by atoms with Gasteiger partial charge in [-0.2, -0.15) is 5.10 Å². The first-order valence-electron chi connectivity index (χ1n) is 7.68. The number of aromatic nitrogens is 3. The monoisotopic (exact) mass is 351 g/mol. The van der Waals surface area contributed by atoms with E-state index in [1.54, 1.807) is 23.9 Å². The summed E-state index contributed by atoms with van der Waals surface area (Å²) in [4.78, 5) is 0. The van der Waals surface area contributed by atoms with Crippen LogP contribution in [-0.2, 0) is 6.54 Å². The summed E-state index contributed by atoms with van der Waals surface area (Å²) >= 11 is 1.38. The molecule has 1 N–H and O–H groups in total. The van der Waals surface area contributed by atoms with Crippen LogP contribution in [0.1, 0.15) is 11.1 Å². The Morgan fingerprint density at radius 2 is 2.00 bits per heavy atom. The van der Waals surface area contributed by atoms with Crippen LogP contribution in [0.2, 0.25) is 0 Å². The highest BCUT2D eigenvalue weighted by molar-refractivity contribution is 7.13. The Morgan fingerprint density at radius 3 is 2.84 bits per heavy atom. The predicted molar refractivity (Wildman–Crippen MR) is 98.6 cm³/mol. The maximum atomic E-state index is 14.0. The van der Waals surface area contributed by atoms with Gasteiger partial charge in [-0.1, -0.05) is 47.7 Å². The first-order chi connectivity index (χ1) is 12.3. The van der Waals surface area contributed by atoms with E-state index in [0.717, 1.165) is 16.5 Å². The van der Waals surface area contributed by atoms with Gasteiger partial charge in [-0.3, -0.25) is 5.43 Å². The van der Waals surface area contributed by atoms with E-state index in [2.05, 4.69) is 20.7 Å². The van der Waals surface area contributed by atoms with Crippen LogP contribution in [0.5, 0.6) is 0 Å². The van der Waals surface area contributed by atoms with Crippen molar-refractivity contribution in [2.24, 2.45) is 5.10 Å². The van der Waals surface area contributed by atoms with Gasteiger partial charge in [0.2, 0.25) is 5.13 Å². The molecule has 0 spiro atoms. The number of para-hydroxylation sites is 1. The third-order valence-corrected chi connectivity index (χ3v) is 4.44. The molecule has 0 saturated heterocycles. The van der Waals surface area contributed by atoms with Crippen LogP contribution in [0.15, 0.2) is 65.3 Å². The van der Waals surface area contributed by atoms with Crippen molar-refractivity contribution in [3.63, 3.8) is 0 Å². The first-order valence-corrected chi connectivity index (χ1v) is 8.56. The molecule has 4 rings (SSSR count). The van der Waals surface area contributed by atoms with E-state index in [9.17, 15) is 4.39 Å². The number of rotatable bonds is 5. The van der Waals surface area contributed by atoms with Gasteiger partial charge in [0.15, 0.2) is 0 Å². The SMILES string of the molecule is Fc1ccccc1Cn1cc(/C=N/Nc2nncs2)c2ccccc21. The normalized spacial score (nSPS) is 11.4. The van der Waals surface area contributed by atoms with Crippen molar-refractivity contribution in [2.75, 3.05) is 5.43 Å². The molecule has 4 aromatic rings. The Kier molecular flexibility index (Phi) is 4.22. The maximum Gasteiger partial charge on any atom is 0.225 e. The molecule has 0 fully saturated rings. The molecule has 0 saturated carbocycles. The summed E-state index contributed by atoms with van der Waals surface area (Å²) in [5.74, 6) is -0.201. The van der Waals surface area contributed by atoms with Crippen LogP contribution < -0.4 is 5.43 Å². The molecule has 0 bridgehead atoms. The lowest BCUT2D eigenvalue weighted by Crippen LogP contribution is -2.00. The van der Waals surface area contributed by atoms with E-state index in [1.165, 1.54) is 17.4 Å². The number of nitrogens with zero attached hydrogens (tertiary/aromatic N) is 4. The van der Waals surface area contributed by atoms with E-state index >= 15 is 0 Å². The summed E-state index contributed by atoms with van der Waals surface area (Å²) in [6, 6.07) is 14.8. The fourth-order valence-electron chi connectivity index (χ4n) is 2.70. The zero-order valence-corrected chi connectivity index (χ0v) is 13.9. The van der Waals surface area contributed by atoms with Crippen LogP contribution in [0.4, 0.5) is 9.52 Å². The van der Waals surface area contributed by atoms with Crippen LogP contribution in [0.3, 0.4) is 0 Å². The summed E-state index contributed by atoms with van der Waals surface area (Å²) in [7, 11) is 0. The van der Waals surface area contributed by atoms with Crippen molar-refractivity contribution in [2.45, 2.75) is 6.54 Å². The molecule has 0 radical (unpaired) electrons. The Hall–Kier alpha value is -3.06. The molecule has 25 heavy (non-hydrogen) atoms. The third kappa shape index (κ3) is 3.27. The lowest BCUT2D eigenvalue weighted by Gasteiger charge is -2.06. The van der Waals surface area contributed by atoms with Gasteiger partial charge in [0.1, 0.15) is 11.3 Å². The molecule has 2 heterocycles. The molecule has 0 amide bonds. The van der Waals surface area contributed by atoms with Gasteiger partial charge < -0.3 is 4.57 Å². The smallest absolute Gasteiger partial charge is 0.225 e. The zero-order valence-electron chi connectivity index (χ0n) is 13.1. The number of halogens is 1. The second-order valence-corrected chi connectivity index (χ2v) is 6.27. The summed E-state index contributed by atoms with van der Waals surface area (Å²) in [6.45, 7) is 0.463. The molecule has 0 unspecified atom stereocenters. The Morgan fingerprint density at radius 1 is 1.16 bits per heavy atom. The third-order valence-electron chi connectivity index (χ3n) is 3.84. The minimum Gasteiger partial charge on any atom is -0.342 e. The fourth-order valence-corrected chi connectivity index (χ4v) is 3.09. The van der Waals surface area contributed by atoms with Crippen molar-refractivity contribution in [1.29, 1.82) is 0 Å². The molecular formula is C18H14FN5S. The number of hydrazone groups is 1. The Bertz CT molecular complexity index is 1020. The highest BCUT2D eigenvalue weighted by atomic mass is 32.1. The Labute approximate surface area is 147 Å². The molecule has 0 atom stereocenters. The molecule has 0 aliphatic carbocycles. The second kappa shape index (κ2) is 6.82. The van der Waals surface area contributed by atoms with Crippen molar-refractivity contribution in [3.05, 3.63) is 77.2 Å². The maximum absolute atomic E-state index is 14.0. The van der Waals surface area contributed by atoms with Crippen molar-refractivity contribution >= 4 is 33.6 Å². The largest absolute Gasteiger partial charge is 0.342 e. The molecule has 2 aromatic heterocycles. The average Bonchev–Trinajstić information content (AvgIpc) is 3.26. The molecule has 0 aliphatic heterocycles. The van der Waals surface area contributed by atoms with E-state index < -0.39 is 0 Å². The standard InChI is InChI=1S/C18H14FN5S/c19-16-7-3-1-5-13(16)10-24-11-14(15-6-2-4-8-17(15)24)9-20-22-18-23-21-12-25-18/h1-9,11-12H,10H2,(H,22,23)/b20-9+. The van der Waals surface area contributed by atoms with Gasteiger partial charge in [0.05, 0.1) is 12.8 Å². The summed E-state index contributed by atoms with van der Waals surface area (Å²) < 4.78 is 16.0. The van der Waals surface area contributed by atoms with Gasteiger partial charge in [-0.05, 0) is 12.1 Å². The summed E-state index contributed by atoms with van der Waals surface area (Å²) in [5, 5.41) is 13.5. The second-order valence-electron chi connectivity index (χ2n) is 5.43. The lowest BCUT2D eigenvalue weighted by atomic mass is 10.2. The van der Waals surface area contributed by atoms with Crippen molar-refractivity contribution in [1.82, 2.24) is 14.8 Å². The molecule has 5 nitrogen and oxygen atoms in total. The molecule has 124 valence electrons. The number of anilines is 1. The van der Waals surface area contributed by atoms with E-state index in [0.29, 0.717) is 17.2 Å². The highest BCUT2D eigenvalue weighted by Crippen LogP contribution is 2.22. The number of hydrogen-bond donors (Lipinski definition) is 1. The molecular weight excluding hydrogens is 337 g/mol.